The Bertz CT molecular complexity index is 1600. The van der Waals surface area contributed by atoms with Crippen LogP contribution in [0.3, 0.4) is 0 Å². The molecule has 8 heteroatoms. The van der Waals surface area contributed by atoms with Gasteiger partial charge in [0.05, 0.1) is 9.99 Å². The summed E-state index contributed by atoms with van der Waals surface area (Å²) in [5.74, 6) is 0.0671. The lowest BCUT2D eigenvalue weighted by Crippen LogP contribution is -2.25. The van der Waals surface area contributed by atoms with Crippen LogP contribution in [-0.4, -0.2) is 14.1 Å². The second-order valence-corrected chi connectivity index (χ2v) is 9.69. The minimum Gasteiger partial charge on any atom is -0.473 e. The molecule has 0 N–H and O–H groups in total. The van der Waals surface area contributed by atoms with Gasteiger partial charge in [-0.2, -0.15) is 4.98 Å². The molecule has 0 bridgehead atoms. The molecule has 2 aromatic heterocycles. The van der Waals surface area contributed by atoms with Gasteiger partial charge in [-0.15, -0.1) is 0 Å². The number of fused-ring (bicyclic) bond motifs is 1. The van der Waals surface area contributed by atoms with Gasteiger partial charge in [0.1, 0.15) is 24.4 Å². The first kappa shape index (κ1) is 24.8. The maximum atomic E-state index is 15.2. The molecule has 0 saturated carbocycles. The second kappa shape index (κ2) is 10.6. The van der Waals surface area contributed by atoms with Crippen molar-refractivity contribution in [3.63, 3.8) is 0 Å². The molecule has 6 nitrogen and oxygen atoms in total. The summed E-state index contributed by atoms with van der Waals surface area (Å²) in [6.07, 6.45) is 0. The van der Waals surface area contributed by atoms with Gasteiger partial charge in [-0.3, -0.25) is 9.13 Å². The van der Waals surface area contributed by atoms with E-state index in [0.717, 1.165) is 11.1 Å². The molecule has 0 amide bonds. The van der Waals surface area contributed by atoms with E-state index in [1.807, 2.05) is 74.5 Å². The van der Waals surface area contributed by atoms with Crippen LogP contribution in [0, 0.1) is 5.82 Å². The highest BCUT2D eigenvalue weighted by Gasteiger charge is 2.24. The number of halogens is 2. The number of hydrogen-bond donors (Lipinski definition) is 0. The van der Waals surface area contributed by atoms with Crippen molar-refractivity contribution in [1.82, 2.24) is 14.1 Å². The summed E-state index contributed by atoms with van der Waals surface area (Å²) in [6.45, 7) is 4.26. The molecule has 3 aromatic carbocycles. The zero-order chi connectivity index (χ0) is 25.9. The lowest BCUT2D eigenvalue weighted by molar-refractivity contribution is 0.267. The fourth-order valence-corrected chi connectivity index (χ4v) is 4.51. The van der Waals surface area contributed by atoms with Crippen molar-refractivity contribution >= 4 is 27.0 Å². The molecule has 188 valence electrons. The molecule has 0 aliphatic carbocycles. The van der Waals surface area contributed by atoms with Crippen LogP contribution in [-0.2, 0) is 13.2 Å². The highest BCUT2D eigenvalue weighted by Crippen LogP contribution is 2.31. The predicted octanol–water partition coefficient (Wildman–Crippen LogP) is 6.83. The van der Waals surface area contributed by atoms with Crippen molar-refractivity contribution in [1.29, 1.82) is 0 Å². The Morgan fingerprint density at radius 1 is 0.865 bits per heavy atom. The van der Waals surface area contributed by atoms with Gasteiger partial charge in [0, 0.05) is 12.1 Å². The summed E-state index contributed by atoms with van der Waals surface area (Å²) in [4.78, 5) is 18.3. The molecular weight excluding hydrogens is 537 g/mol. The topological polar surface area (TPSA) is 58.3 Å². The summed E-state index contributed by atoms with van der Waals surface area (Å²) in [6, 6.07) is 25.9. The number of imidazole rings is 1. The van der Waals surface area contributed by atoms with Crippen LogP contribution in [0.1, 0.15) is 31.0 Å². The second-order valence-electron chi connectivity index (χ2n) is 8.83. The van der Waals surface area contributed by atoms with Crippen molar-refractivity contribution in [2.75, 3.05) is 0 Å². The molecule has 0 aliphatic heterocycles. The number of ether oxygens (including phenoxy) is 2. The molecule has 0 radical (unpaired) electrons. The van der Waals surface area contributed by atoms with Crippen molar-refractivity contribution in [2.24, 2.45) is 0 Å². The fraction of sp³-hybridized carbons (Fsp3) is 0.172. The van der Waals surface area contributed by atoms with Crippen molar-refractivity contribution in [3.8, 4) is 17.4 Å². The van der Waals surface area contributed by atoms with E-state index in [0.29, 0.717) is 23.7 Å². The van der Waals surface area contributed by atoms with Gasteiger partial charge in [-0.1, -0.05) is 60.7 Å². The SMILES string of the molecule is CC(C)n1c(=O)n(-c2ccc(OCc3ccccc3)nc2OCc2ccccc2)c2ccc(Br)c(F)c21. The van der Waals surface area contributed by atoms with E-state index in [-0.39, 0.29) is 34.2 Å². The third kappa shape index (κ3) is 5.02. The highest BCUT2D eigenvalue weighted by atomic mass is 79.9. The van der Waals surface area contributed by atoms with Crippen LogP contribution in [0.25, 0.3) is 16.7 Å². The van der Waals surface area contributed by atoms with E-state index in [4.69, 9.17) is 9.47 Å². The zero-order valence-corrected chi connectivity index (χ0v) is 22.0. The summed E-state index contributed by atoms with van der Waals surface area (Å²) < 4.78 is 30.5. The molecule has 37 heavy (non-hydrogen) atoms. The van der Waals surface area contributed by atoms with E-state index in [1.54, 1.807) is 24.3 Å². The standard InChI is InChI=1S/C29H25BrFN3O3/c1-19(2)33-27-23(14-13-22(30)26(27)31)34(29(33)35)24-15-16-25(36-17-20-9-5-3-6-10-20)32-28(24)37-18-21-11-7-4-8-12-21/h3-16,19H,17-18H2,1-2H3. The summed E-state index contributed by atoms with van der Waals surface area (Å²) >= 11 is 3.25. The van der Waals surface area contributed by atoms with E-state index in [1.165, 1.54) is 9.13 Å². The van der Waals surface area contributed by atoms with E-state index in [9.17, 15) is 4.79 Å². The molecule has 0 spiro atoms. The van der Waals surface area contributed by atoms with E-state index < -0.39 is 5.82 Å². The largest absolute Gasteiger partial charge is 0.473 e. The van der Waals surface area contributed by atoms with Gasteiger partial charge in [0.25, 0.3) is 0 Å². The first-order chi connectivity index (χ1) is 17.9. The van der Waals surface area contributed by atoms with Crippen molar-refractivity contribution in [2.45, 2.75) is 33.1 Å². The zero-order valence-electron chi connectivity index (χ0n) is 20.4. The van der Waals surface area contributed by atoms with Gasteiger partial charge >= 0.3 is 5.69 Å². The first-order valence-corrected chi connectivity index (χ1v) is 12.7. The number of rotatable bonds is 8. The number of pyridine rings is 1. The van der Waals surface area contributed by atoms with Crippen molar-refractivity contribution < 1.29 is 13.9 Å². The Balaban J connectivity index is 1.61. The monoisotopic (exact) mass is 561 g/mol. The fourth-order valence-electron chi connectivity index (χ4n) is 4.19. The Labute approximate surface area is 222 Å². The number of aromatic nitrogens is 3. The highest BCUT2D eigenvalue weighted by molar-refractivity contribution is 9.10. The molecule has 5 aromatic rings. The Hall–Kier alpha value is -3.91. The lowest BCUT2D eigenvalue weighted by atomic mass is 10.2. The van der Waals surface area contributed by atoms with Gasteiger partial charge in [0.2, 0.25) is 11.8 Å². The first-order valence-electron chi connectivity index (χ1n) is 11.9. The third-order valence-corrected chi connectivity index (χ3v) is 6.56. The lowest BCUT2D eigenvalue weighted by Gasteiger charge is -2.14. The molecule has 0 fully saturated rings. The maximum Gasteiger partial charge on any atom is 0.334 e. The minimum absolute atomic E-state index is 0.211. The van der Waals surface area contributed by atoms with Crippen LogP contribution >= 0.6 is 15.9 Å². The molecule has 0 unspecified atom stereocenters. The summed E-state index contributed by atoms with van der Waals surface area (Å²) in [5, 5.41) is 0. The van der Waals surface area contributed by atoms with Gasteiger partial charge in [-0.25, -0.2) is 9.18 Å². The third-order valence-electron chi connectivity index (χ3n) is 5.95. The molecule has 0 atom stereocenters. The van der Waals surface area contributed by atoms with Gasteiger partial charge in [0.15, 0.2) is 5.82 Å². The van der Waals surface area contributed by atoms with E-state index >= 15 is 4.39 Å². The Morgan fingerprint density at radius 3 is 2.11 bits per heavy atom. The smallest absolute Gasteiger partial charge is 0.334 e. The van der Waals surface area contributed by atoms with E-state index in [2.05, 4.69) is 20.9 Å². The minimum atomic E-state index is -0.496. The average Bonchev–Trinajstić information content (AvgIpc) is 3.22. The average molecular weight is 562 g/mol. The Morgan fingerprint density at radius 2 is 1.49 bits per heavy atom. The Kier molecular flexibility index (Phi) is 7.10. The van der Waals surface area contributed by atoms with Crippen molar-refractivity contribution in [3.05, 3.63) is 117 Å². The van der Waals surface area contributed by atoms with Crippen LogP contribution in [0.15, 0.2) is 94.2 Å². The normalized spacial score (nSPS) is 11.3. The molecule has 2 heterocycles. The van der Waals surface area contributed by atoms with Crippen LogP contribution in [0.2, 0.25) is 0 Å². The quantitative estimate of drug-likeness (QED) is 0.208. The van der Waals surface area contributed by atoms with Crippen LogP contribution in [0.4, 0.5) is 4.39 Å². The van der Waals surface area contributed by atoms with Crippen LogP contribution < -0.4 is 15.2 Å². The van der Waals surface area contributed by atoms with Gasteiger partial charge < -0.3 is 9.47 Å². The van der Waals surface area contributed by atoms with Gasteiger partial charge in [-0.05, 0) is 59.1 Å². The molecule has 0 saturated heterocycles. The number of benzene rings is 3. The predicted molar refractivity (Wildman–Crippen MR) is 145 cm³/mol. The summed E-state index contributed by atoms with van der Waals surface area (Å²) in [7, 11) is 0. The maximum absolute atomic E-state index is 15.2. The molecule has 5 rings (SSSR count). The molecular formula is C29H25BrFN3O3. The number of hydrogen-bond acceptors (Lipinski definition) is 4. The van der Waals surface area contributed by atoms with Crippen LogP contribution in [0.5, 0.6) is 11.8 Å². The summed E-state index contributed by atoms with van der Waals surface area (Å²) in [5.41, 5.74) is 2.59. The molecule has 0 aliphatic rings. The number of nitrogens with zero attached hydrogens (tertiary/aromatic N) is 3.